The number of carbonyl (C=O) groups is 2. The van der Waals surface area contributed by atoms with E-state index in [1.165, 1.54) is 29.2 Å². The minimum Gasteiger partial charge on any atom is -0.492 e. The Labute approximate surface area is 166 Å². The summed E-state index contributed by atoms with van der Waals surface area (Å²) in [5.74, 6) is -0.130. The summed E-state index contributed by atoms with van der Waals surface area (Å²) in [7, 11) is 1.60. The van der Waals surface area contributed by atoms with Gasteiger partial charge < -0.3 is 20.3 Å². The highest BCUT2D eigenvalue weighted by Gasteiger charge is 2.27. The molecule has 9 heteroatoms. The highest BCUT2D eigenvalue weighted by atomic mass is 19.4. The maximum absolute atomic E-state index is 12.2. The summed E-state index contributed by atoms with van der Waals surface area (Å²) in [5, 5.41) is 4.42. The molecule has 2 rings (SSSR count). The van der Waals surface area contributed by atoms with Crippen LogP contribution < -0.4 is 15.4 Å². The van der Waals surface area contributed by atoms with E-state index in [-0.39, 0.29) is 11.6 Å². The maximum atomic E-state index is 12.2. The van der Waals surface area contributed by atoms with Crippen molar-refractivity contribution in [2.75, 3.05) is 32.1 Å². The minimum absolute atomic E-state index is 0.0621. The van der Waals surface area contributed by atoms with Gasteiger partial charge in [-0.2, -0.15) is 13.2 Å². The average Bonchev–Trinajstić information content (AvgIpc) is 2.67. The highest BCUT2D eigenvalue weighted by Crippen LogP contribution is 2.14. The van der Waals surface area contributed by atoms with Gasteiger partial charge in [-0.05, 0) is 43.3 Å². The van der Waals surface area contributed by atoms with E-state index in [1.807, 2.05) is 31.2 Å². The Bertz CT molecular complexity index is 822. The van der Waals surface area contributed by atoms with Gasteiger partial charge in [0.05, 0.1) is 6.54 Å². The fourth-order valence-electron chi connectivity index (χ4n) is 2.24. The first-order chi connectivity index (χ1) is 13.6. The minimum atomic E-state index is -4.47. The molecule has 0 aliphatic rings. The van der Waals surface area contributed by atoms with Crippen molar-refractivity contribution >= 4 is 17.6 Å². The smallest absolute Gasteiger partial charge is 0.405 e. The van der Waals surface area contributed by atoms with Crippen molar-refractivity contribution in [2.45, 2.75) is 13.1 Å². The summed E-state index contributed by atoms with van der Waals surface area (Å²) in [6, 6.07) is 12.7. The molecule has 0 bridgehead atoms. The first kappa shape index (κ1) is 22.1. The molecule has 0 spiro atoms. The second-order valence-corrected chi connectivity index (χ2v) is 6.39. The second-order valence-electron chi connectivity index (χ2n) is 6.39. The number of nitrogens with zero attached hydrogens (tertiary/aromatic N) is 1. The van der Waals surface area contributed by atoms with Crippen LogP contribution in [0.15, 0.2) is 48.5 Å². The molecule has 6 nitrogen and oxygen atoms in total. The van der Waals surface area contributed by atoms with Crippen LogP contribution in [0.1, 0.15) is 15.9 Å². The molecule has 2 N–H and O–H groups in total. The summed E-state index contributed by atoms with van der Waals surface area (Å²) in [5.41, 5.74) is 1.60. The molecule has 156 valence electrons. The number of carbonyl (C=O) groups excluding carboxylic acids is 2. The monoisotopic (exact) mass is 409 g/mol. The Balaban J connectivity index is 1.78. The first-order valence-electron chi connectivity index (χ1n) is 8.80. The number of benzene rings is 2. The number of amides is 3. The summed E-state index contributed by atoms with van der Waals surface area (Å²) in [6.07, 6.45) is -4.47. The van der Waals surface area contributed by atoms with Gasteiger partial charge in [0, 0.05) is 18.3 Å². The summed E-state index contributed by atoms with van der Waals surface area (Å²) in [4.78, 5) is 25.3. The fourth-order valence-corrected chi connectivity index (χ4v) is 2.24. The highest BCUT2D eigenvalue weighted by molar-refractivity contribution is 5.95. The van der Waals surface area contributed by atoms with E-state index in [0.29, 0.717) is 24.6 Å². The summed E-state index contributed by atoms with van der Waals surface area (Å²) >= 11 is 0. The van der Waals surface area contributed by atoms with Crippen LogP contribution in [0.5, 0.6) is 5.75 Å². The molecule has 0 aliphatic heterocycles. The van der Waals surface area contributed by atoms with Crippen molar-refractivity contribution in [3.63, 3.8) is 0 Å². The molecule has 0 aromatic heterocycles. The second kappa shape index (κ2) is 9.81. The molecule has 3 amide bonds. The summed E-state index contributed by atoms with van der Waals surface area (Å²) in [6.45, 7) is 1.23. The van der Waals surface area contributed by atoms with Gasteiger partial charge in [0.15, 0.2) is 0 Å². The lowest BCUT2D eigenvalue weighted by atomic mass is 10.2. The summed E-state index contributed by atoms with van der Waals surface area (Å²) < 4.78 is 42.0. The van der Waals surface area contributed by atoms with Crippen LogP contribution in [-0.4, -0.2) is 49.8 Å². The zero-order chi connectivity index (χ0) is 21.4. The number of hydrogen-bond donors (Lipinski definition) is 2. The van der Waals surface area contributed by atoms with Crippen molar-refractivity contribution in [1.29, 1.82) is 0 Å². The Hall–Kier alpha value is -3.23. The third kappa shape index (κ3) is 7.73. The molecule has 0 unspecified atom stereocenters. The molecule has 0 aliphatic carbocycles. The Morgan fingerprint density at radius 3 is 2.24 bits per heavy atom. The van der Waals surface area contributed by atoms with Crippen LogP contribution in [0.3, 0.4) is 0 Å². The number of alkyl halides is 3. The number of aryl methyl sites for hydroxylation is 1. The van der Waals surface area contributed by atoms with E-state index in [1.54, 1.807) is 12.4 Å². The maximum Gasteiger partial charge on any atom is 0.405 e. The van der Waals surface area contributed by atoms with E-state index >= 15 is 0 Å². The Morgan fingerprint density at radius 2 is 1.66 bits per heavy atom. The Morgan fingerprint density at radius 1 is 1.03 bits per heavy atom. The molecule has 29 heavy (non-hydrogen) atoms. The van der Waals surface area contributed by atoms with Gasteiger partial charge in [0.25, 0.3) is 5.91 Å². The normalized spacial score (nSPS) is 10.9. The number of rotatable bonds is 7. The number of halogens is 3. The molecule has 0 heterocycles. The van der Waals surface area contributed by atoms with Gasteiger partial charge in [0.2, 0.25) is 0 Å². The zero-order valence-electron chi connectivity index (χ0n) is 16.0. The van der Waals surface area contributed by atoms with Gasteiger partial charge in [-0.15, -0.1) is 0 Å². The number of anilines is 1. The molecule has 0 radical (unpaired) electrons. The van der Waals surface area contributed by atoms with E-state index in [4.69, 9.17) is 4.74 Å². The van der Waals surface area contributed by atoms with Crippen molar-refractivity contribution < 1.29 is 27.5 Å². The van der Waals surface area contributed by atoms with Crippen LogP contribution in [0.4, 0.5) is 23.7 Å². The van der Waals surface area contributed by atoms with Crippen molar-refractivity contribution in [3.8, 4) is 5.75 Å². The lowest BCUT2D eigenvalue weighted by Crippen LogP contribution is -2.34. The van der Waals surface area contributed by atoms with E-state index in [2.05, 4.69) is 5.32 Å². The van der Waals surface area contributed by atoms with Crippen molar-refractivity contribution in [3.05, 3.63) is 59.7 Å². The average molecular weight is 409 g/mol. The molecule has 0 fully saturated rings. The standard InChI is InChI=1S/C20H22F3N3O3/c1-14-3-9-17(10-4-14)29-12-11-26(2)19(28)25-16-7-5-15(6-8-16)18(27)24-13-20(21,22)23/h3-10H,11-13H2,1-2H3,(H,24,27)(H,25,28). The van der Waals surface area contributed by atoms with E-state index < -0.39 is 18.6 Å². The lowest BCUT2D eigenvalue weighted by molar-refractivity contribution is -0.123. The van der Waals surface area contributed by atoms with E-state index in [0.717, 1.165) is 5.56 Å². The predicted octanol–water partition coefficient (Wildman–Crippen LogP) is 3.83. The Kier molecular flexibility index (Phi) is 7.46. The molecule has 0 atom stereocenters. The molecule has 2 aromatic carbocycles. The van der Waals surface area contributed by atoms with Crippen LogP contribution in [0, 0.1) is 6.92 Å². The molecular formula is C20H22F3N3O3. The third-order valence-electron chi connectivity index (χ3n) is 3.91. The van der Waals surface area contributed by atoms with Crippen molar-refractivity contribution in [2.24, 2.45) is 0 Å². The van der Waals surface area contributed by atoms with Crippen LogP contribution >= 0.6 is 0 Å². The van der Waals surface area contributed by atoms with Gasteiger partial charge >= 0.3 is 12.2 Å². The topological polar surface area (TPSA) is 70.7 Å². The van der Waals surface area contributed by atoms with Gasteiger partial charge in [-0.25, -0.2) is 4.79 Å². The van der Waals surface area contributed by atoms with Gasteiger partial charge in [-0.3, -0.25) is 4.79 Å². The number of nitrogens with one attached hydrogen (secondary N) is 2. The zero-order valence-corrected chi connectivity index (χ0v) is 16.0. The number of urea groups is 1. The van der Waals surface area contributed by atoms with Crippen LogP contribution in [0.25, 0.3) is 0 Å². The number of likely N-dealkylation sites (N-methyl/N-ethyl adjacent to an activating group) is 1. The molecule has 2 aromatic rings. The molecule has 0 saturated carbocycles. The van der Waals surface area contributed by atoms with Gasteiger partial charge in [0.1, 0.15) is 18.9 Å². The van der Waals surface area contributed by atoms with Crippen LogP contribution in [0.2, 0.25) is 0 Å². The molecular weight excluding hydrogens is 387 g/mol. The SMILES string of the molecule is Cc1ccc(OCCN(C)C(=O)Nc2ccc(C(=O)NCC(F)(F)F)cc2)cc1. The van der Waals surface area contributed by atoms with Crippen LogP contribution in [-0.2, 0) is 0 Å². The van der Waals surface area contributed by atoms with Crippen molar-refractivity contribution in [1.82, 2.24) is 10.2 Å². The predicted molar refractivity (Wildman–Crippen MR) is 103 cm³/mol. The number of hydrogen-bond acceptors (Lipinski definition) is 3. The van der Waals surface area contributed by atoms with E-state index in [9.17, 15) is 22.8 Å². The lowest BCUT2D eigenvalue weighted by Gasteiger charge is -2.18. The quantitative estimate of drug-likeness (QED) is 0.730. The third-order valence-corrected chi connectivity index (χ3v) is 3.91. The molecule has 0 saturated heterocycles. The number of ether oxygens (including phenoxy) is 1. The fraction of sp³-hybridized carbons (Fsp3) is 0.300. The first-order valence-corrected chi connectivity index (χ1v) is 8.80. The largest absolute Gasteiger partial charge is 0.492 e. The van der Waals surface area contributed by atoms with Gasteiger partial charge in [-0.1, -0.05) is 17.7 Å².